The molecule has 104 valence electrons. The van der Waals surface area contributed by atoms with Crippen LogP contribution in [0, 0.1) is 13.8 Å². The summed E-state index contributed by atoms with van der Waals surface area (Å²) >= 11 is 7.88. The fraction of sp³-hybridized carbons (Fsp3) is 0.333. The lowest BCUT2D eigenvalue weighted by Crippen LogP contribution is -2.09. The van der Waals surface area contributed by atoms with Crippen LogP contribution < -0.4 is 0 Å². The number of thiophene rings is 1. The Morgan fingerprint density at radius 2 is 2.15 bits per heavy atom. The van der Waals surface area contributed by atoms with Gasteiger partial charge in [-0.1, -0.05) is 0 Å². The number of rotatable bonds is 3. The van der Waals surface area contributed by atoms with Crippen molar-refractivity contribution in [3.63, 3.8) is 0 Å². The van der Waals surface area contributed by atoms with Crippen LogP contribution in [0.2, 0.25) is 0 Å². The van der Waals surface area contributed by atoms with E-state index in [4.69, 9.17) is 11.6 Å². The van der Waals surface area contributed by atoms with Crippen molar-refractivity contribution in [1.29, 1.82) is 0 Å². The maximum atomic E-state index is 6.07. The van der Waals surface area contributed by atoms with E-state index in [2.05, 4.69) is 46.6 Å². The molecule has 0 fully saturated rings. The Balaban J connectivity index is 2.18. The predicted molar refractivity (Wildman–Crippen MR) is 84.7 cm³/mol. The minimum absolute atomic E-state index is 0.197. The smallest absolute Gasteiger partial charge is 0.160 e. The van der Waals surface area contributed by atoms with Gasteiger partial charge in [0.25, 0.3) is 0 Å². The molecule has 3 nitrogen and oxygen atoms in total. The van der Waals surface area contributed by atoms with Gasteiger partial charge < -0.3 is 4.57 Å². The third-order valence-electron chi connectivity index (χ3n) is 3.42. The van der Waals surface area contributed by atoms with Crippen molar-refractivity contribution in [1.82, 2.24) is 14.5 Å². The summed E-state index contributed by atoms with van der Waals surface area (Å²) in [7, 11) is 0. The standard InChI is InChI=1S/C15H16ClN3S/c1-9-6-12-15(17-8-9)19(14(7-16)18-12)11(3)13-5-4-10(2)20-13/h4-6,8,11H,7H2,1-3H3. The molecule has 0 aliphatic carbocycles. The highest BCUT2D eigenvalue weighted by molar-refractivity contribution is 7.12. The minimum Gasteiger partial charge on any atom is -0.304 e. The summed E-state index contributed by atoms with van der Waals surface area (Å²) in [4.78, 5) is 11.8. The lowest BCUT2D eigenvalue weighted by atomic mass is 10.2. The molecule has 0 saturated heterocycles. The van der Waals surface area contributed by atoms with Crippen molar-refractivity contribution < 1.29 is 0 Å². The fourth-order valence-electron chi connectivity index (χ4n) is 2.44. The van der Waals surface area contributed by atoms with Gasteiger partial charge in [0.15, 0.2) is 5.65 Å². The first-order valence-electron chi connectivity index (χ1n) is 6.56. The molecule has 0 aliphatic heterocycles. The van der Waals surface area contributed by atoms with E-state index in [9.17, 15) is 0 Å². The molecule has 3 aromatic heterocycles. The minimum atomic E-state index is 0.197. The molecule has 3 heterocycles. The van der Waals surface area contributed by atoms with Crippen molar-refractivity contribution in [2.75, 3.05) is 0 Å². The van der Waals surface area contributed by atoms with E-state index in [0.717, 1.165) is 22.6 Å². The number of halogens is 1. The summed E-state index contributed by atoms with van der Waals surface area (Å²) in [6.07, 6.45) is 1.88. The van der Waals surface area contributed by atoms with Gasteiger partial charge in [-0.2, -0.15) is 0 Å². The molecule has 0 bridgehead atoms. The molecule has 0 N–H and O–H groups in total. The summed E-state index contributed by atoms with van der Waals surface area (Å²) in [5, 5.41) is 0. The normalized spacial score (nSPS) is 13.0. The van der Waals surface area contributed by atoms with Gasteiger partial charge in [-0.25, -0.2) is 9.97 Å². The monoisotopic (exact) mass is 305 g/mol. The van der Waals surface area contributed by atoms with Crippen LogP contribution in [0.3, 0.4) is 0 Å². The van der Waals surface area contributed by atoms with Crippen LogP contribution in [-0.4, -0.2) is 14.5 Å². The van der Waals surface area contributed by atoms with Gasteiger partial charge in [0.2, 0.25) is 0 Å². The first-order valence-corrected chi connectivity index (χ1v) is 7.91. The first-order chi connectivity index (χ1) is 9.60. The lowest BCUT2D eigenvalue weighted by Gasteiger charge is -2.14. The number of imidazole rings is 1. The predicted octanol–water partition coefficient (Wildman–Crippen LogP) is 4.46. The highest BCUT2D eigenvalue weighted by Gasteiger charge is 2.18. The van der Waals surface area contributed by atoms with Crippen molar-refractivity contribution in [3.8, 4) is 0 Å². The molecular weight excluding hydrogens is 290 g/mol. The van der Waals surface area contributed by atoms with Crippen LogP contribution in [0.25, 0.3) is 11.2 Å². The molecule has 1 atom stereocenters. The van der Waals surface area contributed by atoms with E-state index < -0.39 is 0 Å². The van der Waals surface area contributed by atoms with Crippen LogP contribution in [-0.2, 0) is 5.88 Å². The molecular formula is C15H16ClN3S. The van der Waals surface area contributed by atoms with Gasteiger partial charge in [-0.05, 0) is 44.5 Å². The fourth-order valence-corrected chi connectivity index (χ4v) is 3.54. The SMILES string of the molecule is Cc1cnc2c(c1)nc(CCl)n2C(C)c1ccc(C)s1. The number of aryl methyl sites for hydroxylation is 2. The summed E-state index contributed by atoms with van der Waals surface area (Å²) in [6, 6.07) is 6.57. The van der Waals surface area contributed by atoms with Crippen molar-refractivity contribution in [2.45, 2.75) is 32.7 Å². The van der Waals surface area contributed by atoms with E-state index >= 15 is 0 Å². The molecule has 0 aliphatic rings. The van der Waals surface area contributed by atoms with Crippen molar-refractivity contribution in [2.24, 2.45) is 0 Å². The third kappa shape index (κ3) is 2.23. The second kappa shape index (κ2) is 5.19. The van der Waals surface area contributed by atoms with Gasteiger partial charge in [-0.15, -0.1) is 22.9 Å². The average Bonchev–Trinajstić information content (AvgIpc) is 3.00. The highest BCUT2D eigenvalue weighted by Crippen LogP contribution is 2.30. The number of fused-ring (bicyclic) bond motifs is 1. The second-order valence-corrected chi connectivity index (χ2v) is 6.60. The highest BCUT2D eigenvalue weighted by atomic mass is 35.5. The first kappa shape index (κ1) is 13.6. The van der Waals surface area contributed by atoms with E-state index in [0.29, 0.717) is 5.88 Å². The number of pyridine rings is 1. The lowest BCUT2D eigenvalue weighted by molar-refractivity contribution is 0.639. The van der Waals surface area contributed by atoms with Gasteiger partial charge in [0, 0.05) is 16.0 Å². The Kier molecular flexibility index (Phi) is 3.52. The van der Waals surface area contributed by atoms with Gasteiger partial charge in [-0.3, -0.25) is 0 Å². The molecule has 5 heteroatoms. The van der Waals surface area contributed by atoms with E-state index in [1.807, 2.05) is 13.1 Å². The summed E-state index contributed by atoms with van der Waals surface area (Å²) in [5.41, 5.74) is 2.94. The van der Waals surface area contributed by atoms with Gasteiger partial charge in [0.05, 0.1) is 11.9 Å². The number of hydrogen-bond donors (Lipinski definition) is 0. The van der Waals surface area contributed by atoms with E-state index in [1.165, 1.54) is 9.75 Å². The zero-order chi connectivity index (χ0) is 14.3. The number of aromatic nitrogens is 3. The van der Waals surface area contributed by atoms with Crippen molar-refractivity contribution in [3.05, 3.63) is 45.5 Å². The largest absolute Gasteiger partial charge is 0.304 e. The summed E-state index contributed by atoms with van der Waals surface area (Å²) in [5.74, 6) is 1.27. The quantitative estimate of drug-likeness (QED) is 0.669. The van der Waals surface area contributed by atoms with Crippen LogP contribution in [0.4, 0.5) is 0 Å². The average molecular weight is 306 g/mol. The Labute approximate surface area is 127 Å². The molecule has 20 heavy (non-hydrogen) atoms. The Bertz CT molecular complexity index is 760. The molecule has 0 aromatic carbocycles. The Morgan fingerprint density at radius 1 is 1.35 bits per heavy atom. The van der Waals surface area contributed by atoms with Crippen LogP contribution in [0.1, 0.15) is 34.1 Å². The maximum Gasteiger partial charge on any atom is 0.160 e. The number of nitrogens with zero attached hydrogens (tertiary/aromatic N) is 3. The zero-order valence-corrected chi connectivity index (χ0v) is 13.3. The van der Waals surface area contributed by atoms with Gasteiger partial charge >= 0.3 is 0 Å². The Hall–Kier alpha value is -1.39. The Morgan fingerprint density at radius 3 is 2.80 bits per heavy atom. The maximum absolute atomic E-state index is 6.07. The summed E-state index contributed by atoms with van der Waals surface area (Å²) < 4.78 is 2.15. The van der Waals surface area contributed by atoms with Crippen molar-refractivity contribution >= 4 is 34.1 Å². The second-order valence-electron chi connectivity index (χ2n) is 5.01. The van der Waals surface area contributed by atoms with E-state index in [-0.39, 0.29) is 6.04 Å². The van der Waals surface area contributed by atoms with Crippen LogP contribution in [0.15, 0.2) is 24.4 Å². The molecule has 0 radical (unpaired) electrons. The third-order valence-corrected chi connectivity index (χ3v) is 4.83. The molecule has 1 unspecified atom stereocenters. The topological polar surface area (TPSA) is 30.7 Å². The molecule has 0 saturated carbocycles. The molecule has 3 rings (SSSR count). The summed E-state index contributed by atoms with van der Waals surface area (Å²) in [6.45, 7) is 6.32. The zero-order valence-electron chi connectivity index (χ0n) is 11.7. The number of alkyl halides is 1. The van der Waals surface area contributed by atoms with E-state index in [1.54, 1.807) is 11.3 Å². The molecule has 0 spiro atoms. The van der Waals surface area contributed by atoms with Crippen LogP contribution >= 0.6 is 22.9 Å². The van der Waals surface area contributed by atoms with Crippen LogP contribution in [0.5, 0.6) is 0 Å². The number of hydrogen-bond acceptors (Lipinski definition) is 3. The molecule has 0 amide bonds. The van der Waals surface area contributed by atoms with Gasteiger partial charge in [0.1, 0.15) is 11.3 Å². The molecule has 3 aromatic rings.